The molecule has 5 N–H and O–H groups in total. The van der Waals surface area contributed by atoms with Crippen LogP contribution in [0.4, 0.5) is 10.9 Å². The number of carbonyl (C=O) groups is 1. The Hall–Kier alpha value is -1.34. The molecule has 1 amide bonds. The SMILES string of the molecule is CC(C)CNc1nc(N)c(C(=O)NC(C)CO)s1. The lowest BCUT2D eigenvalue weighted by Crippen LogP contribution is -2.34. The Morgan fingerprint density at radius 3 is 2.72 bits per heavy atom. The van der Waals surface area contributed by atoms with Crippen LogP contribution in [-0.2, 0) is 0 Å². The summed E-state index contributed by atoms with van der Waals surface area (Å²) >= 11 is 1.22. The number of aliphatic hydroxyl groups is 1. The predicted molar refractivity (Wildman–Crippen MR) is 73.9 cm³/mol. The molecule has 0 radical (unpaired) electrons. The van der Waals surface area contributed by atoms with Crippen LogP contribution in [0.3, 0.4) is 0 Å². The molecule has 6 nitrogen and oxygen atoms in total. The third-order valence-corrected chi connectivity index (χ3v) is 3.20. The number of aromatic nitrogens is 1. The van der Waals surface area contributed by atoms with Crippen molar-refractivity contribution in [1.29, 1.82) is 0 Å². The molecule has 102 valence electrons. The minimum Gasteiger partial charge on any atom is -0.394 e. The topological polar surface area (TPSA) is 100 Å². The van der Waals surface area contributed by atoms with Crippen molar-refractivity contribution in [2.24, 2.45) is 5.92 Å². The molecule has 0 aliphatic heterocycles. The first-order chi connectivity index (χ1) is 8.43. The second-order valence-electron chi connectivity index (χ2n) is 4.57. The Morgan fingerprint density at radius 2 is 2.17 bits per heavy atom. The highest BCUT2D eigenvalue weighted by Crippen LogP contribution is 2.25. The van der Waals surface area contributed by atoms with Crippen LogP contribution in [0.5, 0.6) is 0 Å². The zero-order chi connectivity index (χ0) is 13.7. The molecular weight excluding hydrogens is 252 g/mol. The highest BCUT2D eigenvalue weighted by molar-refractivity contribution is 7.18. The number of nitrogen functional groups attached to an aromatic ring is 1. The summed E-state index contributed by atoms with van der Waals surface area (Å²) in [5.41, 5.74) is 5.70. The van der Waals surface area contributed by atoms with E-state index < -0.39 is 0 Å². The molecule has 0 aliphatic rings. The minimum absolute atomic E-state index is 0.108. The van der Waals surface area contributed by atoms with Gasteiger partial charge < -0.3 is 21.5 Å². The Balaban J connectivity index is 2.69. The molecule has 0 aliphatic carbocycles. The average molecular weight is 272 g/mol. The molecule has 1 atom stereocenters. The Kier molecular flexibility index (Phi) is 5.36. The van der Waals surface area contributed by atoms with Crippen LogP contribution < -0.4 is 16.4 Å². The lowest BCUT2D eigenvalue weighted by Gasteiger charge is -2.09. The van der Waals surface area contributed by atoms with E-state index in [4.69, 9.17) is 10.8 Å². The fourth-order valence-electron chi connectivity index (χ4n) is 1.20. The van der Waals surface area contributed by atoms with E-state index >= 15 is 0 Å². The Bertz CT molecular complexity index is 406. The van der Waals surface area contributed by atoms with Crippen LogP contribution in [0.2, 0.25) is 0 Å². The molecule has 0 saturated heterocycles. The number of amides is 1. The van der Waals surface area contributed by atoms with Crippen molar-refractivity contribution in [3.8, 4) is 0 Å². The molecule has 7 heteroatoms. The third kappa shape index (κ3) is 4.15. The number of anilines is 2. The smallest absolute Gasteiger partial charge is 0.265 e. The summed E-state index contributed by atoms with van der Waals surface area (Å²) in [6.45, 7) is 6.55. The van der Waals surface area contributed by atoms with Gasteiger partial charge in [-0.3, -0.25) is 4.79 Å². The van der Waals surface area contributed by atoms with Gasteiger partial charge in [-0.05, 0) is 12.8 Å². The van der Waals surface area contributed by atoms with Gasteiger partial charge in [-0.2, -0.15) is 0 Å². The number of hydrogen-bond acceptors (Lipinski definition) is 6. The number of aliphatic hydroxyl groups excluding tert-OH is 1. The number of thiazole rings is 1. The van der Waals surface area contributed by atoms with Crippen LogP contribution >= 0.6 is 11.3 Å². The summed E-state index contributed by atoms with van der Waals surface area (Å²) in [4.78, 5) is 16.3. The van der Waals surface area contributed by atoms with E-state index in [1.165, 1.54) is 11.3 Å². The molecule has 0 fully saturated rings. The quantitative estimate of drug-likeness (QED) is 0.616. The third-order valence-electron chi connectivity index (χ3n) is 2.17. The van der Waals surface area contributed by atoms with Crippen LogP contribution in [0, 0.1) is 5.92 Å². The zero-order valence-corrected chi connectivity index (χ0v) is 11.7. The van der Waals surface area contributed by atoms with E-state index in [9.17, 15) is 4.79 Å². The van der Waals surface area contributed by atoms with Gasteiger partial charge in [0, 0.05) is 12.6 Å². The summed E-state index contributed by atoms with van der Waals surface area (Å²) in [5.74, 6) is 0.403. The molecule has 18 heavy (non-hydrogen) atoms. The highest BCUT2D eigenvalue weighted by Gasteiger charge is 2.17. The fraction of sp³-hybridized carbons (Fsp3) is 0.636. The van der Waals surface area contributed by atoms with Crippen molar-refractivity contribution < 1.29 is 9.90 Å². The standard InChI is InChI=1S/C11H20N4O2S/c1-6(2)4-13-11-15-9(12)8(18-11)10(17)14-7(3)5-16/h6-7,16H,4-5,12H2,1-3H3,(H,13,15)(H,14,17). The first-order valence-corrected chi connectivity index (χ1v) is 6.67. The number of nitrogens with zero attached hydrogens (tertiary/aromatic N) is 1. The molecule has 0 bridgehead atoms. The molecule has 0 spiro atoms. The lowest BCUT2D eigenvalue weighted by molar-refractivity contribution is 0.0927. The minimum atomic E-state index is -0.302. The highest BCUT2D eigenvalue weighted by atomic mass is 32.1. The zero-order valence-electron chi connectivity index (χ0n) is 10.9. The number of nitrogens with one attached hydrogen (secondary N) is 2. The summed E-state index contributed by atoms with van der Waals surface area (Å²) in [5, 5.41) is 15.3. The maximum absolute atomic E-state index is 11.8. The van der Waals surface area contributed by atoms with E-state index in [1.54, 1.807) is 6.92 Å². The van der Waals surface area contributed by atoms with Crippen molar-refractivity contribution in [2.45, 2.75) is 26.8 Å². The maximum atomic E-state index is 11.8. The van der Waals surface area contributed by atoms with E-state index in [2.05, 4.69) is 29.5 Å². The van der Waals surface area contributed by atoms with E-state index in [-0.39, 0.29) is 24.4 Å². The molecule has 1 heterocycles. The van der Waals surface area contributed by atoms with Crippen LogP contribution in [0.15, 0.2) is 0 Å². The first kappa shape index (κ1) is 14.7. The van der Waals surface area contributed by atoms with Gasteiger partial charge >= 0.3 is 0 Å². The molecule has 1 aromatic rings. The second kappa shape index (κ2) is 6.55. The van der Waals surface area contributed by atoms with E-state index in [0.29, 0.717) is 15.9 Å². The van der Waals surface area contributed by atoms with Gasteiger partial charge in [0.2, 0.25) is 0 Å². The van der Waals surface area contributed by atoms with Gasteiger partial charge in [-0.1, -0.05) is 25.2 Å². The largest absolute Gasteiger partial charge is 0.394 e. The molecular formula is C11H20N4O2S. The summed E-state index contributed by atoms with van der Waals surface area (Å²) in [6.07, 6.45) is 0. The normalized spacial score (nSPS) is 12.5. The lowest BCUT2D eigenvalue weighted by atomic mass is 10.2. The maximum Gasteiger partial charge on any atom is 0.265 e. The molecule has 1 rings (SSSR count). The van der Waals surface area contributed by atoms with Crippen molar-refractivity contribution >= 4 is 28.2 Å². The predicted octanol–water partition coefficient (Wildman–Crippen LogP) is 0.904. The Labute approximate surface area is 111 Å². The monoisotopic (exact) mass is 272 g/mol. The van der Waals surface area contributed by atoms with Gasteiger partial charge in [0.05, 0.1) is 6.61 Å². The van der Waals surface area contributed by atoms with Crippen LogP contribution in [-0.4, -0.2) is 35.2 Å². The Morgan fingerprint density at radius 1 is 1.50 bits per heavy atom. The summed E-state index contributed by atoms with van der Waals surface area (Å²) < 4.78 is 0. The number of nitrogens with two attached hydrogens (primary N) is 1. The van der Waals surface area contributed by atoms with Crippen molar-refractivity contribution in [3.05, 3.63) is 4.88 Å². The first-order valence-electron chi connectivity index (χ1n) is 5.86. The van der Waals surface area contributed by atoms with Crippen molar-refractivity contribution in [3.63, 3.8) is 0 Å². The van der Waals surface area contributed by atoms with Crippen molar-refractivity contribution in [2.75, 3.05) is 24.2 Å². The summed E-state index contributed by atoms with van der Waals surface area (Å²) in [7, 11) is 0. The number of carbonyl (C=O) groups excluding carboxylic acids is 1. The van der Waals surface area contributed by atoms with E-state index in [1.807, 2.05) is 0 Å². The number of hydrogen-bond donors (Lipinski definition) is 4. The van der Waals surface area contributed by atoms with E-state index in [0.717, 1.165) is 6.54 Å². The number of rotatable bonds is 6. The van der Waals surface area contributed by atoms with Gasteiger partial charge in [0.15, 0.2) is 5.13 Å². The van der Waals surface area contributed by atoms with Gasteiger partial charge in [0.1, 0.15) is 10.7 Å². The average Bonchev–Trinajstić information content (AvgIpc) is 2.67. The molecule has 1 unspecified atom stereocenters. The van der Waals surface area contributed by atoms with Crippen molar-refractivity contribution in [1.82, 2.24) is 10.3 Å². The second-order valence-corrected chi connectivity index (χ2v) is 5.56. The van der Waals surface area contributed by atoms with Crippen LogP contribution in [0.25, 0.3) is 0 Å². The van der Waals surface area contributed by atoms with Gasteiger partial charge in [-0.25, -0.2) is 4.98 Å². The molecule has 0 saturated carbocycles. The fourth-order valence-corrected chi connectivity index (χ4v) is 1.99. The molecule has 0 aromatic carbocycles. The van der Waals surface area contributed by atoms with Crippen LogP contribution in [0.1, 0.15) is 30.4 Å². The summed E-state index contributed by atoms with van der Waals surface area (Å²) in [6, 6.07) is -0.300. The van der Waals surface area contributed by atoms with Gasteiger partial charge in [0.25, 0.3) is 5.91 Å². The van der Waals surface area contributed by atoms with Gasteiger partial charge in [-0.15, -0.1) is 0 Å². The molecule has 1 aromatic heterocycles.